The van der Waals surface area contributed by atoms with Crippen LogP contribution in [0, 0.1) is 12.3 Å². The number of hydrogen-bond donors (Lipinski definition) is 0. The molecule has 38 heavy (non-hydrogen) atoms. The molecular weight excluding hydrogens is 595 g/mol. The molecule has 0 aliphatic carbocycles. The summed E-state index contributed by atoms with van der Waals surface area (Å²) >= 11 is -0.740. The van der Waals surface area contributed by atoms with Gasteiger partial charge in [0.25, 0.3) is 0 Å². The average molecular weight is 627 g/mol. The number of aromatic nitrogens is 1. The van der Waals surface area contributed by atoms with Crippen molar-refractivity contribution in [2.75, 3.05) is 0 Å². The first-order valence-corrected chi connectivity index (χ1v) is 15.2. The summed E-state index contributed by atoms with van der Waals surface area (Å²) in [6, 6.07) is 22.9. The van der Waals surface area contributed by atoms with Gasteiger partial charge in [0.15, 0.2) is 0 Å². The molecule has 0 amide bonds. The van der Waals surface area contributed by atoms with Gasteiger partial charge in [-0.1, -0.05) is 0 Å². The Labute approximate surface area is 232 Å². The zero-order valence-corrected chi connectivity index (χ0v) is 25.0. The first kappa shape index (κ1) is 27.0. The van der Waals surface area contributed by atoms with E-state index in [0.29, 0.717) is 5.56 Å². The number of pyridine rings is 1. The molecule has 0 bridgehead atoms. The molecule has 2 aromatic heterocycles. The summed E-state index contributed by atoms with van der Waals surface area (Å²) in [5, 5.41) is 3.74. The Morgan fingerprint density at radius 2 is 1.47 bits per heavy atom. The van der Waals surface area contributed by atoms with Crippen LogP contribution in [0.15, 0.2) is 72.9 Å². The number of benzene rings is 3. The van der Waals surface area contributed by atoms with Crippen molar-refractivity contribution in [3.63, 3.8) is 0 Å². The molecule has 1 nitrogen and oxygen atoms in total. The van der Waals surface area contributed by atoms with Crippen LogP contribution in [0.4, 0.5) is 13.2 Å². The fourth-order valence-electron chi connectivity index (χ4n) is 5.08. The van der Waals surface area contributed by atoms with Gasteiger partial charge in [0.05, 0.1) is 0 Å². The van der Waals surface area contributed by atoms with Gasteiger partial charge in [-0.25, -0.2) is 0 Å². The molecule has 0 radical (unpaired) electrons. The van der Waals surface area contributed by atoms with Crippen LogP contribution in [0.25, 0.3) is 40.0 Å². The van der Waals surface area contributed by atoms with Crippen LogP contribution in [0.1, 0.15) is 51.3 Å². The van der Waals surface area contributed by atoms with Gasteiger partial charge in [0.2, 0.25) is 0 Å². The third kappa shape index (κ3) is 4.92. The molecule has 0 N–H and O–H groups in total. The van der Waals surface area contributed by atoms with Crippen LogP contribution >= 0.6 is 0 Å². The van der Waals surface area contributed by atoms with E-state index < -0.39 is 32.0 Å². The number of aryl methyl sites for hydroxylation is 1. The number of alkyl halides is 3. The zero-order chi connectivity index (χ0) is 27.5. The van der Waals surface area contributed by atoms with Crippen LogP contribution < -0.4 is 0 Å². The van der Waals surface area contributed by atoms with Crippen LogP contribution in [-0.4, -0.2) is 31.6 Å². The van der Waals surface area contributed by atoms with Crippen molar-refractivity contribution in [1.29, 1.82) is 0 Å². The molecule has 0 unspecified atom stereocenters. The van der Waals surface area contributed by atoms with Crippen LogP contribution in [0.5, 0.6) is 0 Å². The Bertz CT molecular complexity index is 1630. The maximum absolute atomic E-state index is 13.4. The molecule has 0 aliphatic heterocycles. The summed E-state index contributed by atoms with van der Waals surface area (Å²) in [4.78, 5) is 4.89. The van der Waals surface area contributed by atoms with E-state index in [1.807, 2.05) is 30.5 Å². The second kappa shape index (κ2) is 9.54. The number of rotatable bonds is 4. The van der Waals surface area contributed by atoms with Crippen LogP contribution in [-0.2, 0) is 11.8 Å². The van der Waals surface area contributed by atoms with Crippen molar-refractivity contribution in [3.8, 4) is 20.4 Å². The fraction of sp³-hybridized carbons (Fsp3) is 0.303. The van der Waals surface area contributed by atoms with Crippen molar-refractivity contribution in [1.82, 2.24) is 4.98 Å². The van der Waals surface area contributed by atoms with Crippen molar-refractivity contribution in [3.05, 3.63) is 89.6 Å². The number of halogens is 3. The van der Waals surface area contributed by atoms with Gasteiger partial charge in [0, 0.05) is 0 Å². The zero-order valence-electron chi connectivity index (χ0n) is 22.6. The molecule has 3 aromatic carbocycles. The first-order chi connectivity index (χ1) is 17.8. The summed E-state index contributed by atoms with van der Waals surface area (Å²) in [6.45, 7) is 11.4. The summed E-state index contributed by atoms with van der Waals surface area (Å²) in [5.74, 6) is 0. The monoisotopic (exact) mass is 629 g/mol. The second-order valence-electron chi connectivity index (χ2n) is 11.8. The molecular formula is C33H32F3NTe. The Hall–Kier alpha value is -2.61. The Morgan fingerprint density at radius 3 is 2.13 bits per heavy atom. The Kier molecular flexibility index (Phi) is 6.77. The van der Waals surface area contributed by atoms with Crippen LogP contribution in [0.3, 0.4) is 0 Å². The molecule has 5 heteroatoms. The summed E-state index contributed by atoms with van der Waals surface area (Å²) in [7, 11) is 0. The van der Waals surface area contributed by atoms with Gasteiger partial charge in [-0.15, -0.1) is 0 Å². The minimum atomic E-state index is -4.23. The van der Waals surface area contributed by atoms with Gasteiger partial charge >= 0.3 is 233 Å². The molecule has 0 fully saturated rings. The number of nitrogens with zero attached hydrogens (tertiary/aromatic N) is 1. The van der Waals surface area contributed by atoms with Gasteiger partial charge in [-0.05, 0) is 0 Å². The molecule has 0 saturated heterocycles. The molecule has 0 atom stereocenters. The van der Waals surface area contributed by atoms with E-state index in [9.17, 15) is 13.2 Å². The van der Waals surface area contributed by atoms with Gasteiger partial charge in [0.1, 0.15) is 0 Å². The third-order valence-corrected chi connectivity index (χ3v) is 11.3. The number of fused-ring (bicyclic) bond motifs is 2. The summed E-state index contributed by atoms with van der Waals surface area (Å²) < 4.78 is 42.8. The Morgan fingerprint density at radius 1 is 0.789 bits per heavy atom. The Balaban J connectivity index is 1.59. The molecule has 0 saturated carbocycles. The van der Waals surface area contributed by atoms with E-state index in [-0.39, 0.29) is 11.8 Å². The van der Waals surface area contributed by atoms with E-state index in [2.05, 4.69) is 70.2 Å². The summed E-state index contributed by atoms with van der Waals surface area (Å²) in [5.41, 5.74) is 4.82. The van der Waals surface area contributed by atoms with E-state index >= 15 is 0 Å². The van der Waals surface area contributed by atoms with Crippen molar-refractivity contribution < 1.29 is 13.2 Å². The fourth-order valence-corrected chi connectivity index (χ4v) is 8.85. The van der Waals surface area contributed by atoms with E-state index in [1.165, 1.54) is 48.1 Å². The minimum absolute atomic E-state index is 0.00792. The SMILES string of the molecule is Cc1c(-c2ccc(CC(C)(C)C(F)(F)F)cc2)[te]c2c(-c3cc(C(C)(C)C)c4ccccc4c3)nccc12. The van der Waals surface area contributed by atoms with Crippen molar-refractivity contribution >= 4 is 40.0 Å². The molecule has 196 valence electrons. The predicted octanol–water partition coefficient (Wildman–Crippen LogP) is 9.52. The molecule has 0 aliphatic rings. The normalized spacial score (nSPS) is 13.0. The first-order valence-electron chi connectivity index (χ1n) is 12.8. The number of hydrogen-bond acceptors (Lipinski definition) is 1. The van der Waals surface area contributed by atoms with E-state index in [0.717, 1.165) is 16.8 Å². The topological polar surface area (TPSA) is 12.9 Å². The standard InChI is InChI=1S/C33H32F3NTe/c1-20-25-15-16-37-28(24-17-23-9-7-8-10-26(23)27(18-24)31(2,3)4)30(25)38-29(20)22-13-11-21(12-14-22)19-32(5,6)33(34,35)36/h7-18H,19H2,1-6H3. The molecule has 5 aromatic rings. The average Bonchev–Trinajstić information content (AvgIpc) is 3.19. The second-order valence-corrected chi connectivity index (χ2v) is 14.8. The third-order valence-electron chi connectivity index (χ3n) is 7.43. The van der Waals surface area contributed by atoms with Gasteiger partial charge < -0.3 is 0 Å². The predicted molar refractivity (Wildman–Crippen MR) is 154 cm³/mol. The van der Waals surface area contributed by atoms with Gasteiger partial charge in [-0.2, -0.15) is 0 Å². The summed E-state index contributed by atoms with van der Waals surface area (Å²) in [6.07, 6.45) is -2.36. The molecule has 2 heterocycles. The van der Waals surface area contributed by atoms with Gasteiger partial charge in [-0.3, -0.25) is 0 Å². The molecule has 5 rings (SSSR count). The van der Waals surface area contributed by atoms with Crippen molar-refractivity contribution in [2.45, 2.75) is 59.6 Å². The van der Waals surface area contributed by atoms with Crippen molar-refractivity contribution in [2.24, 2.45) is 5.41 Å². The van der Waals surface area contributed by atoms with E-state index in [4.69, 9.17) is 4.98 Å². The quantitative estimate of drug-likeness (QED) is 0.181. The van der Waals surface area contributed by atoms with Crippen LogP contribution in [0.2, 0.25) is 0 Å². The maximum atomic E-state index is 13.4. The molecule has 0 spiro atoms. The van der Waals surface area contributed by atoms with E-state index in [1.54, 1.807) is 0 Å².